The SMILES string of the molecule is COc1ccc(-c2nc(SCc3nnc(-c4ccccc4)o3)n[nH]2)cc1. The first-order chi connectivity index (χ1) is 12.8. The number of hydrogen-bond acceptors (Lipinski definition) is 7. The van der Waals surface area contributed by atoms with Crippen LogP contribution in [0.5, 0.6) is 5.75 Å². The van der Waals surface area contributed by atoms with Crippen LogP contribution in [0.2, 0.25) is 0 Å². The van der Waals surface area contributed by atoms with Crippen LogP contribution in [-0.2, 0) is 5.75 Å². The number of nitrogens with one attached hydrogen (secondary N) is 1. The van der Waals surface area contributed by atoms with Gasteiger partial charge in [-0.3, -0.25) is 5.10 Å². The molecule has 0 bridgehead atoms. The standard InChI is InChI=1S/C18H15N5O2S/c1-24-14-9-7-12(8-10-14)16-19-18(23-21-16)26-11-15-20-22-17(25-15)13-5-3-2-4-6-13/h2-10H,11H2,1H3,(H,19,21,23). The number of aromatic amines is 1. The summed E-state index contributed by atoms with van der Waals surface area (Å²) >= 11 is 1.43. The maximum atomic E-state index is 5.69. The van der Waals surface area contributed by atoms with Gasteiger partial charge in [-0.25, -0.2) is 4.98 Å². The number of H-pyrrole nitrogens is 1. The van der Waals surface area contributed by atoms with Crippen molar-refractivity contribution >= 4 is 11.8 Å². The van der Waals surface area contributed by atoms with Crippen molar-refractivity contribution in [2.24, 2.45) is 0 Å². The topological polar surface area (TPSA) is 89.7 Å². The van der Waals surface area contributed by atoms with Crippen molar-refractivity contribution in [1.82, 2.24) is 25.4 Å². The zero-order valence-corrected chi connectivity index (χ0v) is 14.7. The van der Waals surface area contributed by atoms with Gasteiger partial charge in [-0.2, -0.15) is 0 Å². The van der Waals surface area contributed by atoms with Gasteiger partial charge in [-0.1, -0.05) is 30.0 Å². The summed E-state index contributed by atoms with van der Waals surface area (Å²) in [6.45, 7) is 0. The van der Waals surface area contributed by atoms with Crippen LogP contribution in [0.3, 0.4) is 0 Å². The number of hydrogen-bond donors (Lipinski definition) is 1. The molecule has 0 unspecified atom stereocenters. The summed E-state index contributed by atoms with van der Waals surface area (Å²) in [4.78, 5) is 4.48. The number of ether oxygens (including phenoxy) is 1. The summed E-state index contributed by atoms with van der Waals surface area (Å²) in [5.41, 5.74) is 1.84. The van der Waals surface area contributed by atoms with E-state index in [9.17, 15) is 0 Å². The Balaban J connectivity index is 1.41. The highest BCUT2D eigenvalue weighted by molar-refractivity contribution is 7.98. The van der Waals surface area contributed by atoms with Crippen LogP contribution in [0, 0.1) is 0 Å². The second kappa shape index (κ2) is 7.40. The lowest BCUT2D eigenvalue weighted by Crippen LogP contribution is -1.84. The molecule has 0 aliphatic rings. The molecule has 0 radical (unpaired) electrons. The summed E-state index contributed by atoms with van der Waals surface area (Å²) in [7, 11) is 1.64. The average molecular weight is 365 g/mol. The van der Waals surface area contributed by atoms with Crippen molar-refractivity contribution in [3.05, 3.63) is 60.5 Å². The van der Waals surface area contributed by atoms with E-state index >= 15 is 0 Å². The van der Waals surface area contributed by atoms with E-state index in [0.717, 1.165) is 16.9 Å². The molecule has 26 heavy (non-hydrogen) atoms. The molecule has 0 fully saturated rings. The Morgan fingerprint density at radius 3 is 2.58 bits per heavy atom. The van der Waals surface area contributed by atoms with E-state index in [2.05, 4.69) is 25.4 Å². The van der Waals surface area contributed by atoms with Gasteiger partial charge in [0.15, 0.2) is 5.82 Å². The maximum Gasteiger partial charge on any atom is 0.247 e. The molecule has 2 aromatic carbocycles. The molecule has 130 valence electrons. The lowest BCUT2D eigenvalue weighted by Gasteiger charge is -1.99. The largest absolute Gasteiger partial charge is 0.497 e. The van der Waals surface area contributed by atoms with Crippen LogP contribution < -0.4 is 4.74 Å². The number of methoxy groups -OCH3 is 1. The molecular weight excluding hydrogens is 350 g/mol. The summed E-state index contributed by atoms with van der Waals surface area (Å²) < 4.78 is 10.8. The third kappa shape index (κ3) is 3.60. The zero-order valence-electron chi connectivity index (χ0n) is 13.9. The van der Waals surface area contributed by atoms with E-state index < -0.39 is 0 Å². The predicted molar refractivity (Wildman–Crippen MR) is 97.7 cm³/mol. The molecule has 4 aromatic rings. The Morgan fingerprint density at radius 2 is 1.81 bits per heavy atom. The molecule has 8 heteroatoms. The smallest absolute Gasteiger partial charge is 0.247 e. The lowest BCUT2D eigenvalue weighted by molar-refractivity contribution is 0.415. The molecule has 0 aliphatic heterocycles. The van der Waals surface area contributed by atoms with Crippen LogP contribution in [0.25, 0.3) is 22.8 Å². The van der Waals surface area contributed by atoms with Gasteiger partial charge < -0.3 is 9.15 Å². The second-order valence-electron chi connectivity index (χ2n) is 5.35. The molecule has 0 amide bonds. The van der Waals surface area contributed by atoms with Gasteiger partial charge >= 0.3 is 0 Å². The summed E-state index contributed by atoms with van der Waals surface area (Å²) in [6.07, 6.45) is 0. The molecule has 2 aromatic heterocycles. The van der Waals surface area contributed by atoms with Crippen molar-refractivity contribution in [1.29, 1.82) is 0 Å². The fraction of sp³-hybridized carbons (Fsp3) is 0.111. The highest BCUT2D eigenvalue weighted by atomic mass is 32.2. The van der Waals surface area contributed by atoms with E-state index in [-0.39, 0.29) is 0 Å². The third-order valence-corrected chi connectivity index (χ3v) is 4.47. The molecule has 4 rings (SSSR count). The van der Waals surface area contributed by atoms with Crippen molar-refractivity contribution in [3.63, 3.8) is 0 Å². The first-order valence-electron chi connectivity index (χ1n) is 7.89. The lowest BCUT2D eigenvalue weighted by atomic mass is 10.2. The molecular formula is C18H15N5O2S. The van der Waals surface area contributed by atoms with Gasteiger partial charge in [-0.05, 0) is 36.4 Å². The number of benzene rings is 2. The Labute approximate surface area is 153 Å². The van der Waals surface area contributed by atoms with Gasteiger partial charge in [0.25, 0.3) is 0 Å². The molecule has 1 N–H and O–H groups in total. The highest BCUT2D eigenvalue weighted by Gasteiger charge is 2.11. The third-order valence-electron chi connectivity index (χ3n) is 3.64. The summed E-state index contributed by atoms with van der Waals surface area (Å²) in [5, 5.41) is 15.9. The predicted octanol–water partition coefficient (Wildman–Crippen LogP) is 3.82. The maximum absolute atomic E-state index is 5.69. The van der Waals surface area contributed by atoms with Crippen LogP contribution in [0.15, 0.2) is 64.2 Å². The van der Waals surface area contributed by atoms with Crippen LogP contribution in [0.1, 0.15) is 5.89 Å². The van der Waals surface area contributed by atoms with Crippen molar-refractivity contribution in [2.45, 2.75) is 10.9 Å². The molecule has 0 saturated heterocycles. The van der Waals surface area contributed by atoms with Gasteiger partial charge in [0.1, 0.15) is 5.75 Å². The normalized spacial score (nSPS) is 10.8. The fourth-order valence-corrected chi connectivity index (χ4v) is 2.96. The number of thioether (sulfide) groups is 1. The van der Waals surface area contributed by atoms with E-state index in [4.69, 9.17) is 9.15 Å². The molecule has 0 atom stereocenters. The number of aromatic nitrogens is 5. The second-order valence-corrected chi connectivity index (χ2v) is 6.29. The van der Waals surface area contributed by atoms with Gasteiger partial charge in [0.2, 0.25) is 16.9 Å². The van der Waals surface area contributed by atoms with E-state index in [1.807, 2.05) is 54.6 Å². The van der Waals surface area contributed by atoms with E-state index in [1.165, 1.54) is 11.8 Å². The minimum absolute atomic E-state index is 0.500. The monoisotopic (exact) mass is 365 g/mol. The first-order valence-corrected chi connectivity index (χ1v) is 8.88. The number of rotatable bonds is 6. The van der Waals surface area contributed by atoms with Gasteiger partial charge in [-0.15, -0.1) is 15.3 Å². The highest BCUT2D eigenvalue weighted by Crippen LogP contribution is 2.25. The minimum atomic E-state index is 0.500. The number of nitrogens with zero attached hydrogens (tertiary/aromatic N) is 4. The van der Waals surface area contributed by atoms with Crippen LogP contribution >= 0.6 is 11.8 Å². The molecule has 2 heterocycles. The molecule has 0 spiro atoms. The molecule has 0 aliphatic carbocycles. The zero-order chi connectivity index (χ0) is 17.8. The Kier molecular flexibility index (Phi) is 4.65. The minimum Gasteiger partial charge on any atom is -0.497 e. The van der Waals surface area contributed by atoms with Crippen LogP contribution in [-0.4, -0.2) is 32.5 Å². The van der Waals surface area contributed by atoms with Crippen molar-refractivity contribution in [2.75, 3.05) is 7.11 Å². The van der Waals surface area contributed by atoms with Gasteiger partial charge in [0.05, 0.1) is 12.9 Å². The van der Waals surface area contributed by atoms with Crippen molar-refractivity contribution in [3.8, 4) is 28.6 Å². The molecule has 0 saturated carbocycles. The summed E-state index contributed by atoms with van der Waals surface area (Å²) in [5.74, 6) is 3.04. The average Bonchev–Trinajstić information content (AvgIpc) is 3.37. The van der Waals surface area contributed by atoms with E-state index in [1.54, 1.807) is 7.11 Å². The Morgan fingerprint density at radius 1 is 1.00 bits per heavy atom. The Bertz CT molecular complexity index is 982. The van der Waals surface area contributed by atoms with E-state index in [0.29, 0.717) is 28.5 Å². The van der Waals surface area contributed by atoms with Gasteiger partial charge in [0, 0.05) is 11.1 Å². The molecule has 7 nitrogen and oxygen atoms in total. The fourth-order valence-electron chi connectivity index (χ4n) is 2.32. The van der Waals surface area contributed by atoms with Crippen LogP contribution in [0.4, 0.5) is 0 Å². The Hall–Kier alpha value is -3.13. The quantitative estimate of drug-likeness (QED) is 0.519. The first kappa shape index (κ1) is 16.3. The summed E-state index contributed by atoms with van der Waals surface area (Å²) in [6, 6.07) is 17.3. The van der Waals surface area contributed by atoms with Crippen molar-refractivity contribution < 1.29 is 9.15 Å².